The molecule has 2 aromatic rings. The Morgan fingerprint density at radius 3 is 2.59 bits per heavy atom. The number of carbonyl (C=O) groups is 1. The van der Waals surface area contributed by atoms with Crippen LogP contribution < -0.4 is 16.0 Å². The number of anilines is 1. The normalized spacial score (nSPS) is 11.3. The molecule has 160 valence electrons. The molecule has 1 amide bonds. The average molecular weight is 530 g/mol. The molecule has 0 spiro atoms. The van der Waals surface area contributed by atoms with Crippen LogP contribution in [-0.2, 0) is 17.9 Å². The van der Waals surface area contributed by atoms with Gasteiger partial charge in [-0.1, -0.05) is 26.0 Å². The fourth-order valence-electron chi connectivity index (χ4n) is 2.48. The molecule has 0 bridgehead atoms. The van der Waals surface area contributed by atoms with Crippen LogP contribution >= 0.6 is 35.3 Å². The Labute approximate surface area is 194 Å². The molecule has 0 aliphatic heterocycles. The minimum Gasteiger partial charge on any atom is -0.352 e. The van der Waals surface area contributed by atoms with E-state index < -0.39 is 0 Å². The summed E-state index contributed by atoms with van der Waals surface area (Å²) in [4.78, 5) is 22.6. The van der Waals surface area contributed by atoms with Gasteiger partial charge in [-0.3, -0.25) is 9.79 Å². The zero-order valence-electron chi connectivity index (χ0n) is 17.7. The van der Waals surface area contributed by atoms with Crippen LogP contribution in [0.15, 0.2) is 34.6 Å². The number of aliphatic imine (C=N–C) groups is 1. The largest absolute Gasteiger partial charge is 0.352 e. The van der Waals surface area contributed by atoms with Crippen molar-refractivity contribution in [2.24, 2.45) is 4.99 Å². The summed E-state index contributed by atoms with van der Waals surface area (Å²) in [6, 6.07) is 7.79. The van der Waals surface area contributed by atoms with Crippen molar-refractivity contribution in [2.75, 3.05) is 33.0 Å². The van der Waals surface area contributed by atoms with Gasteiger partial charge >= 0.3 is 0 Å². The predicted octanol–water partition coefficient (Wildman–Crippen LogP) is 3.25. The lowest BCUT2D eigenvalue weighted by atomic mass is 10.2. The highest BCUT2D eigenvalue weighted by atomic mass is 127. The van der Waals surface area contributed by atoms with E-state index in [1.807, 2.05) is 43.3 Å². The second-order valence-electron chi connectivity index (χ2n) is 7.09. The summed E-state index contributed by atoms with van der Waals surface area (Å²) in [6.45, 7) is 5.88. The minimum atomic E-state index is -0.0307. The maximum absolute atomic E-state index is 11.9. The molecule has 1 aromatic carbocycles. The van der Waals surface area contributed by atoms with Crippen LogP contribution in [0, 0.1) is 0 Å². The van der Waals surface area contributed by atoms with Crippen molar-refractivity contribution in [2.45, 2.75) is 32.9 Å². The van der Waals surface area contributed by atoms with Gasteiger partial charge in [0.25, 0.3) is 0 Å². The highest BCUT2D eigenvalue weighted by molar-refractivity contribution is 14.0. The number of carbonyl (C=O) groups excluding carboxylic acids is 1. The lowest BCUT2D eigenvalue weighted by Crippen LogP contribution is -2.36. The Balaban J connectivity index is 0.00000420. The first-order valence-electron chi connectivity index (χ1n) is 9.29. The van der Waals surface area contributed by atoms with Crippen molar-refractivity contribution in [1.82, 2.24) is 20.5 Å². The van der Waals surface area contributed by atoms with E-state index in [1.165, 1.54) is 0 Å². The lowest BCUT2D eigenvalue weighted by molar-refractivity contribution is -0.116. The third-order valence-electron chi connectivity index (χ3n) is 3.92. The SMILES string of the molecule is CN=C(NCc1cccc(NC(=O)CN(C)C)c1)NCc1nc(C(C)C)cs1.I. The molecule has 0 atom stereocenters. The van der Waals surface area contributed by atoms with Crippen LogP contribution in [0.3, 0.4) is 0 Å². The number of amides is 1. The van der Waals surface area contributed by atoms with Crippen molar-refractivity contribution >= 4 is 52.9 Å². The van der Waals surface area contributed by atoms with E-state index in [4.69, 9.17) is 0 Å². The zero-order valence-corrected chi connectivity index (χ0v) is 20.8. The number of hydrogen-bond donors (Lipinski definition) is 3. The highest BCUT2D eigenvalue weighted by Crippen LogP contribution is 2.17. The first-order chi connectivity index (χ1) is 13.4. The molecule has 3 N–H and O–H groups in total. The molecule has 0 saturated carbocycles. The quantitative estimate of drug-likeness (QED) is 0.278. The van der Waals surface area contributed by atoms with Crippen molar-refractivity contribution in [3.8, 4) is 0 Å². The van der Waals surface area contributed by atoms with Crippen LogP contribution in [0.5, 0.6) is 0 Å². The van der Waals surface area contributed by atoms with Gasteiger partial charge in [-0.15, -0.1) is 35.3 Å². The zero-order chi connectivity index (χ0) is 20.5. The Kier molecular flexibility index (Phi) is 11.1. The molecule has 0 aliphatic carbocycles. The van der Waals surface area contributed by atoms with E-state index in [0.717, 1.165) is 22.0 Å². The molecule has 0 saturated heterocycles. The number of hydrogen-bond acceptors (Lipinski definition) is 5. The third kappa shape index (κ3) is 9.09. The van der Waals surface area contributed by atoms with Gasteiger partial charge in [0.1, 0.15) is 5.01 Å². The maximum Gasteiger partial charge on any atom is 0.238 e. The summed E-state index contributed by atoms with van der Waals surface area (Å²) in [5, 5.41) is 12.6. The summed E-state index contributed by atoms with van der Waals surface area (Å²) >= 11 is 1.66. The van der Waals surface area contributed by atoms with Crippen LogP contribution in [-0.4, -0.2) is 49.4 Å². The molecule has 1 aromatic heterocycles. The molecule has 29 heavy (non-hydrogen) atoms. The van der Waals surface area contributed by atoms with Gasteiger partial charge in [-0.25, -0.2) is 4.98 Å². The second kappa shape index (κ2) is 12.8. The smallest absolute Gasteiger partial charge is 0.238 e. The maximum atomic E-state index is 11.9. The van der Waals surface area contributed by atoms with Crippen molar-refractivity contribution < 1.29 is 4.79 Å². The van der Waals surface area contributed by atoms with E-state index in [0.29, 0.717) is 31.5 Å². The van der Waals surface area contributed by atoms with Gasteiger partial charge in [0, 0.05) is 24.7 Å². The van der Waals surface area contributed by atoms with E-state index in [2.05, 4.69) is 45.2 Å². The summed E-state index contributed by atoms with van der Waals surface area (Å²) in [5.41, 5.74) is 2.97. The Morgan fingerprint density at radius 2 is 1.97 bits per heavy atom. The molecule has 0 fully saturated rings. The molecule has 0 aliphatic rings. The summed E-state index contributed by atoms with van der Waals surface area (Å²) in [7, 11) is 5.48. The number of likely N-dealkylation sites (N-methyl/N-ethyl adjacent to an activating group) is 1. The van der Waals surface area contributed by atoms with Crippen LogP contribution in [0.1, 0.15) is 36.0 Å². The molecular formula is C20H31IN6OS. The number of nitrogens with zero attached hydrogens (tertiary/aromatic N) is 3. The van der Waals surface area contributed by atoms with Gasteiger partial charge in [0.05, 0.1) is 18.8 Å². The lowest BCUT2D eigenvalue weighted by Gasteiger charge is -2.13. The van der Waals surface area contributed by atoms with Gasteiger partial charge in [0.15, 0.2) is 5.96 Å². The van der Waals surface area contributed by atoms with E-state index in [9.17, 15) is 4.79 Å². The fourth-order valence-corrected chi connectivity index (χ4v) is 3.38. The highest BCUT2D eigenvalue weighted by Gasteiger charge is 2.07. The van der Waals surface area contributed by atoms with E-state index >= 15 is 0 Å². The minimum absolute atomic E-state index is 0. The molecule has 2 rings (SSSR count). The first kappa shape index (κ1) is 25.3. The number of guanidine groups is 1. The molecule has 0 radical (unpaired) electrons. The van der Waals surface area contributed by atoms with E-state index in [1.54, 1.807) is 18.4 Å². The van der Waals surface area contributed by atoms with Gasteiger partial charge < -0.3 is 20.9 Å². The van der Waals surface area contributed by atoms with Crippen LogP contribution in [0.25, 0.3) is 0 Å². The average Bonchev–Trinajstić information content (AvgIpc) is 3.11. The molecular weight excluding hydrogens is 499 g/mol. The van der Waals surface area contributed by atoms with Crippen LogP contribution in [0.4, 0.5) is 5.69 Å². The number of benzene rings is 1. The van der Waals surface area contributed by atoms with Gasteiger partial charge in [-0.05, 0) is 37.7 Å². The van der Waals surface area contributed by atoms with Crippen molar-refractivity contribution in [3.63, 3.8) is 0 Å². The van der Waals surface area contributed by atoms with Gasteiger partial charge in [0.2, 0.25) is 5.91 Å². The summed E-state index contributed by atoms with van der Waals surface area (Å²) in [5.74, 6) is 1.12. The number of thiazole rings is 1. The van der Waals surface area contributed by atoms with Crippen molar-refractivity contribution in [1.29, 1.82) is 0 Å². The first-order valence-corrected chi connectivity index (χ1v) is 10.2. The standard InChI is InChI=1S/C20H30N6OS.HI/c1-14(2)17-13-28-19(25-17)11-23-20(21-3)22-10-15-7-6-8-16(9-15)24-18(27)12-26(4)5;/h6-9,13-14H,10-12H2,1-5H3,(H,24,27)(H2,21,22,23);1H. The summed E-state index contributed by atoms with van der Waals surface area (Å²) in [6.07, 6.45) is 0. The van der Waals surface area contributed by atoms with E-state index in [-0.39, 0.29) is 29.9 Å². The predicted molar refractivity (Wildman–Crippen MR) is 132 cm³/mol. The van der Waals surface area contributed by atoms with Gasteiger partial charge in [-0.2, -0.15) is 0 Å². The Bertz CT molecular complexity index is 806. The monoisotopic (exact) mass is 530 g/mol. The van der Waals surface area contributed by atoms with Crippen LogP contribution in [0.2, 0.25) is 0 Å². The Hall–Kier alpha value is -1.72. The number of nitrogens with one attached hydrogen (secondary N) is 3. The summed E-state index contributed by atoms with van der Waals surface area (Å²) < 4.78 is 0. The Morgan fingerprint density at radius 1 is 1.24 bits per heavy atom. The number of aromatic nitrogens is 1. The molecule has 0 unspecified atom stereocenters. The second-order valence-corrected chi connectivity index (χ2v) is 8.03. The third-order valence-corrected chi connectivity index (χ3v) is 4.79. The topological polar surface area (TPSA) is 81.7 Å². The molecule has 7 nitrogen and oxygen atoms in total. The fraction of sp³-hybridized carbons (Fsp3) is 0.450. The number of rotatable bonds is 8. The number of halogens is 1. The molecule has 9 heteroatoms. The van der Waals surface area contributed by atoms with Crippen molar-refractivity contribution in [3.05, 3.63) is 45.9 Å². The molecule has 1 heterocycles.